The zero-order valence-electron chi connectivity index (χ0n) is 17.2. The first-order valence-electron chi connectivity index (χ1n) is 10.1. The first kappa shape index (κ1) is 20.8. The average molecular weight is 458 g/mol. The molecule has 0 atom stereocenters. The Morgan fingerprint density at radius 3 is 2.55 bits per heavy atom. The van der Waals surface area contributed by atoms with E-state index in [2.05, 4.69) is 49.9 Å². The summed E-state index contributed by atoms with van der Waals surface area (Å²) in [5, 5.41) is 26.7. The fraction of sp³-hybridized carbons (Fsp3) is 0.0417. The van der Waals surface area contributed by atoms with Crippen LogP contribution in [0, 0.1) is 0 Å². The SMILES string of the molecule is O=C(O)CSc1n[nH]c(-c2cc(NO)cc(-c3ccc4[nH]c(-c5ccccc5)cc4c3)c2)n1. The van der Waals surface area contributed by atoms with Gasteiger partial charge in [0, 0.05) is 22.2 Å². The molecular weight excluding hydrogens is 438 g/mol. The molecule has 3 aromatic carbocycles. The molecule has 0 amide bonds. The monoisotopic (exact) mass is 457 g/mol. The lowest BCUT2D eigenvalue weighted by Gasteiger charge is -2.08. The number of carboxylic acid groups (broad SMARTS) is 1. The molecule has 2 heterocycles. The third-order valence-corrected chi connectivity index (χ3v) is 6.00. The van der Waals surface area contributed by atoms with E-state index in [4.69, 9.17) is 5.11 Å². The molecule has 9 heteroatoms. The van der Waals surface area contributed by atoms with Crippen LogP contribution in [-0.4, -0.2) is 42.2 Å². The van der Waals surface area contributed by atoms with Crippen LogP contribution in [0.4, 0.5) is 5.69 Å². The third kappa shape index (κ3) is 4.45. The van der Waals surface area contributed by atoms with Gasteiger partial charge in [-0.2, -0.15) is 0 Å². The van der Waals surface area contributed by atoms with E-state index in [1.807, 2.05) is 42.5 Å². The molecule has 0 unspecified atom stereocenters. The van der Waals surface area contributed by atoms with Gasteiger partial charge in [0.05, 0.1) is 11.4 Å². The standard InChI is InChI=1S/C24H19N5O3S/c30-22(31)13-33-24-26-23(27-28-24)18-9-16(10-19(11-18)29-32)15-6-7-20-17(8-15)12-21(25-20)14-4-2-1-3-5-14/h1-12,25,29,32H,13H2,(H,30,31)(H,26,27,28). The summed E-state index contributed by atoms with van der Waals surface area (Å²) in [5.41, 5.74) is 8.45. The highest BCUT2D eigenvalue weighted by Gasteiger charge is 2.12. The summed E-state index contributed by atoms with van der Waals surface area (Å²) < 4.78 is 0. The van der Waals surface area contributed by atoms with Gasteiger partial charge in [-0.25, -0.2) is 4.98 Å². The maximum atomic E-state index is 10.8. The lowest BCUT2D eigenvalue weighted by molar-refractivity contribution is -0.133. The number of nitrogens with zero attached hydrogens (tertiary/aromatic N) is 2. The van der Waals surface area contributed by atoms with Crippen molar-refractivity contribution in [1.82, 2.24) is 20.2 Å². The highest BCUT2D eigenvalue weighted by atomic mass is 32.2. The van der Waals surface area contributed by atoms with E-state index in [1.54, 1.807) is 6.07 Å². The second-order valence-corrected chi connectivity index (χ2v) is 8.35. The van der Waals surface area contributed by atoms with Crippen molar-refractivity contribution < 1.29 is 15.1 Å². The maximum Gasteiger partial charge on any atom is 0.313 e. The predicted molar refractivity (Wildman–Crippen MR) is 128 cm³/mol. The molecule has 0 saturated heterocycles. The highest BCUT2D eigenvalue weighted by Crippen LogP contribution is 2.32. The lowest BCUT2D eigenvalue weighted by atomic mass is 10.0. The fourth-order valence-electron chi connectivity index (χ4n) is 3.65. The number of hydrogen-bond donors (Lipinski definition) is 5. The Morgan fingerprint density at radius 1 is 0.939 bits per heavy atom. The number of H-pyrrole nitrogens is 2. The van der Waals surface area contributed by atoms with Crippen LogP contribution >= 0.6 is 11.8 Å². The van der Waals surface area contributed by atoms with Crippen molar-refractivity contribution in [2.24, 2.45) is 0 Å². The Morgan fingerprint density at radius 2 is 1.76 bits per heavy atom. The normalized spacial score (nSPS) is 11.1. The molecule has 8 nitrogen and oxygen atoms in total. The third-order valence-electron chi connectivity index (χ3n) is 5.16. The minimum Gasteiger partial charge on any atom is -0.481 e. The van der Waals surface area contributed by atoms with Crippen LogP contribution in [0.5, 0.6) is 0 Å². The van der Waals surface area contributed by atoms with Crippen LogP contribution in [0.2, 0.25) is 0 Å². The van der Waals surface area contributed by atoms with Crippen LogP contribution in [-0.2, 0) is 4.79 Å². The zero-order valence-corrected chi connectivity index (χ0v) is 18.1. The summed E-state index contributed by atoms with van der Waals surface area (Å²) in [6.07, 6.45) is 0. The van der Waals surface area contributed by atoms with E-state index in [9.17, 15) is 10.0 Å². The Balaban J connectivity index is 1.50. The highest BCUT2D eigenvalue weighted by molar-refractivity contribution is 7.99. The number of carboxylic acids is 1. The largest absolute Gasteiger partial charge is 0.481 e. The molecule has 0 fully saturated rings. The molecule has 0 aliphatic heterocycles. The Bertz CT molecular complexity index is 1450. The summed E-state index contributed by atoms with van der Waals surface area (Å²) in [6, 6.07) is 23.9. The molecular formula is C24H19N5O3S. The van der Waals surface area contributed by atoms with Gasteiger partial charge in [-0.05, 0) is 53.1 Å². The zero-order chi connectivity index (χ0) is 22.8. The molecule has 0 spiro atoms. The van der Waals surface area contributed by atoms with Gasteiger partial charge in [0.1, 0.15) is 0 Å². The van der Waals surface area contributed by atoms with E-state index in [0.29, 0.717) is 22.2 Å². The number of rotatable bonds is 7. The first-order chi connectivity index (χ1) is 16.1. The smallest absolute Gasteiger partial charge is 0.313 e. The molecule has 2 aromatic heterocycles. The average Bonchev–Trinajstić information content (AvgIpc) is 3.50. The first-order valence-corrected chi connectivity index (χ1v) is 11.1. The molecule has 164 valence electrons. The van der Waals surface area contributed by atoms with Crippen molar-refractivity contribution in [3.63, 3.8) is 0 Å². The minimum atomic E-state index is -0.935. The number of aromatic amines is 2. The van der Waals surface area contributed by atoms with Gasteiger partial charge in [0.15, 0.2) is 5.82 Å². The Kier molecular flexibility index (Phi) is 5.55. The van der Waals surface area contributed by atoms with Crippen molar-refractivity contribution in [2.75, 3.05) is 11.2 Å². The molecule has 0 saturated carbocycles. The molecule has 5 aromatic rings. The lowest BCUT2D eigenvalue weighted by Crippen LogP contribution is -1.97. The van der Waals surface area contributed by atoms with Gasteiger partial charge in [-0.3, -0.25) is 20.6 Å². The van der Waals surface area contributed by atoms with E-state index in [0.717, 1.165) is 45.0 Å². The minimum absolute atomic E-state index is 0.123. The summed E-state index contributed by atoms with van der Waals surface area (Å²) in [4.78, 5) is 18.6. The van der Waals surface area contributed by atoms with E-state index in [-0.39, 0.29) is 5.75 Å². The van der Waals surface area contributed by atoms with Crippen LogP contribution < -0.4 is 5.48 Å². The number of aromatic nitrogens is 4. The summed E-state index contributed by atoms with van der Waals surface area (Å²) in [5.74, 6) is -0.575. The second kappa shape index (κ2) is 8.81. The van der Waals surface area contributed by atoms with Crippen LogP contribution in [0.15, 0.2) is 78.0 Å². The number of thioether (sulfide) groups is 1. The molecule has 5 rings (SSSR count). The maximum absolute atomic E-state index is 10.8. The van der Waals surface area contributed by atoms with E-state index < -0.39 is 5.97 Å². The molecule has 0 aliphatic carbocycles. The van der Waals surface area contributed by atoms with Crippen LogP contribution in [0.25, 0.3) is 44.7 Å². The fourth-order valence-corrected chi connectivity index (χ4v) is 4.17. The summed E-state index contributed by atoms with van der Waals surface area (Å²) >= 11 is 1.03. The van der Waals surface area contributed by atoms with Crippen molar-refractivity contribution >= 4 is 34.3 Å². The molecule has 33 heavy (non-hydrogen) atoms. The number of carbonyl (C=O) groups is 1. The summed E-state index contributed by atoms with van der Waals surface area (Å²) in [7, 11) is 0. The van der Waals surface area contributed by atoms with Gasteiger partial charge in [-0.1, -0.05) is 48.2 Å². The number of benzene rings is 3. The van der Waals surface area contributed by atoms with Crippen molar-refractivity contribution in [1.29, 1.82) is 0 Å². The van der Waals surface area contributed by atoms with Crippen molar-refractivity contribution in [2.45, 2.75) is 5.16 Å². The van der Waals surface area contributed by atoms with Crippen molar-refractivity contribution in [3.05, 3.63) is 72.8 Å². The molecule has 0 bridgehead atoms. The van der Waals surface area contributed by atoms with Crippen molar-refractivity contribution in [3.8, 4) is 33.8 Å². The second-order valence-electron chi connectivity index (χ2n) is 7.41. The van der Waals surface area contributed by atoms with Crippen LogP contribution in [0.3, 0.4) is 0 Å². The van der Waals surface area contributed by atoms with Gasteiger partial charge in [-0.15, -0.1) is 5.10 Å². The number of fused-ring (bicyclic) bond motifs is 1. The molecule has 5 N–H and O–H groups in total. The quantitative estimate of drug-likeness (QED) is 0.166. The van der Waals surface area contributed by atoms with Gasteiger partial charge >= 0.3 is 5.97 Å². The summed E-state index contributed by atoms with van der Waals surface area (Å²) in [6.45, 7) is 0. The molecule has 0 radical (unpaired) electrons. The number of hydrogen-bond acceptors (Lipinski definition) is 6. The number of anilines is 1. The van der Waals surface area contributed by atoms with E-state index >= 15 is 0 Å². The van der Waals surface area contributed by atoms with Gasteiger partial charge in [0.25, 0.3) is 0 Å². The number of aliphatic carboxylic acids is 1. The number of nitrogens with one attached hydrogen (secondary N) is 3. The Hall–Kier alpha value is -4.08. The van der Waals surface area contributed by atoms with E-state index in [1.165, 1.54) is 0 Å². The van der Waals surface area contributed by atoms with Gasteiger partial charge < -0.3 is 10.1 Å². The predicted octanol–water partition coefficient (Wildman–Crippen LogP) is 5.26. The molecule has 0 aliphatic rings. The van der Waals surface area contributed by atoms with Gasteiger partial charge in [0.2, 0.25) is 5.16 Å². The van der Waals surface area contributed by atoms with Crippen LogP contribution in [0.1, 0.15) is 0 Å². The topological polar surface area (TPSA) is 127 Å². The Labute approximate surface area is 192 Å².